The van der Waals surface area contributed by atoms with Crippen LogP contribution in [0.1, 0.15) is 18.0 Å². The number of rotatable bonds is 4. The molecule has 1 aliphatic rings. The van der Waals surface area contributed by atoms with E-state index in [9.17, 15) is 4.79 Å². The number of hydrogen-bond donors (Lipinski definition) is 1. The SMILES string of the molecule is COCCN1C(=O)CC(N)C1c1ccc(Cl)c(Cl)c1. The predicted octanol–water partition coefficient (Wildman–Crippen LogP) is 2.24. The summed E-state index contributed by atoms with van der Waals surface area (Å²) in [5, 5.41) is 0.962. The molecule has 0 saturated carbocycles. The Bertz CT molecular complexity index is 482. The summed E-state index contributed by atoms with van der Waals surface area (Å²) in [7, 11) is 1.61. The van der Waals surface area contributed by atoms with Crippen molar-refractivity contribution in [3.8, 4) is 0 Å². The van der Waals surface area contributed by atoms with Gasteiger partial charge in [0.25, 0.3) is 0 Å². The minimum atomic E-state index is -0.235. The molecular formula is C13H16Cl2N2O2. The fourth-order valence-corrected chi connectivity index (χ4v) is 2.70. The highest BCUT2D eigenvalue weighted by Crippen LogP contribution is 2.34. The predicted molar refractivity (Wildman–Crippen MR) is 75.4 cm³/mol. The zero-order valence-corrected chi connectivity index (χ0v) is 12.1. The van der Waals surface area contributed by atoms with Crippen LogP contribution in [0, 0.1) is 0 Å². The van der Waals surface area contributed by atoms with Gasteiger partial charge < -0.3 is 15.4 Å². The summed E-state index contributed by atoms with van der Waals surface area (Å²) in [5.74, 6) is 0.0422. The van der Waals surface area contributed by atoms with Gasteiger partial charge in [0.15, 0.2) is 0 Å². The zero-order valence-electron chi connectivity index (χ0n) is 10.6. The Kier molecular flexibility index (Phi) is 4.68. The van der Waals surface area contributed by atoms with Crippen LogP contribution < -0.4 is 5.73 Å². The van der Waals surface area contributed by atoms with E-state index in [4.69, 9.17) is 33.7 Å². The van der Waals surface area contributed by atoms with Crippen LogP contribution in [0.3, 0.4) is 0 Å². The van der Waals surface area contributed by atoms with Crippen molar-refractivity contribution < 1.29 is 9.53 Å². The molecule has 0 bridgehead atoms. The summed E-state index contributed by atoms with van der Waals surface area (Å²) in [5.41, 5.74) is 6.98. The van der Waals surface area contributed by atoms with E-state index < -0.39 is 0 Å². The molecule has 104 valence electrons. The van der Waals surface area contributed by atoms with Crippen LogP contribution in [0.15, 0.2) is 18.2 Å². The topological polar surface area (TPSA) is 55.6 Å². The highest BCUT2D eigenvalue weighted by Gasteiger charge is 2.38. The van der Waals surface area contributed by atoms with Gasteiger partial charge in [-0.3, -0.25) is 4.79 Å². The molecule has 1 aromatic carbocycles. The van der Waals surface area contributed by atoms with Crippen LogP contribution in [0.5, 0.6) is 0 Å². The fourth-order valence-electron chi connectivity index (χ4n) is 2.39. The lowest BCUT2D eigenvalue weighted by Gasteiger charge is -2.27. The van der Waals surface area contributed by atoms with Gasteiger partial charge in [-0.25, -0.2) is 0 Å². The zero-order chi connectivity index (χ0) is 14.0. The number of hydrogen-bond acceptors (Lipinski definition) is 3. The maximum absolute atomic E-state index is 12.0. The molecular weight excluding hydrogens is 287 g/mol. The minimum Gasteiger partial charge on any atom is -0.383 e. The molecule has 0 aromatic heterocycles. The van der Waals surface area contributed by atoms with Crippen molar-refractivity contribution in [2.75, 3.05) is 20.3 Å². The van der Waals surface area contributed by atoms with E-state index >= 15 is 0 Å². The number of nitrogens with two attached hydrogens (primary N) is 1. The molecule has 1 aromatic rings. The van der Waals surface area contributed by atoms with E-state index in [0.717, 1.165) is 5.56 Å². The first-order chi connectivity index (χ1) is 9.04. The first-order valence-corrected chi connectivity index (χ1v) is 6.79. The first kappa shape index (κ1) is 14.6. The number of amides is 1. The summed E-state index contributed by atoms with van der Waals surface area (Å²) in [6, 6.07) is 4.95. The number of nitrogens with zero attached hydrogens (tertiary/aromatic N) is 1. The van der Waals surface area contributed by atoms with Crippen LogP contribution >= 0.6 is 23.2 Å². The normalized spacial score (nSPS) is 23.2. The number of methoxy groups -OCH3 is 1. The Labute approximate surface area is 122 Å². The molecule has 1 saturated heterocycles. The van der Waals surface area contributed by atoms with Crippen LogP contribution in [-0.4, -0.2) is 37.1 Å². The largest absolute Gasteiger partial charge is 0.383 e. The van der Waals surface area contributed by atoms with Gasteiger partial charge in [0.05, 0.1) is 22.7 Å². The number of halogens is 2. The second-order valence-corrected chi connectivity index (χ2v) is 5.38. The van der Waals surface area contributed by atoms with Crippen molar-refractivity contribution >= 4 is 29.1 Å². The summed E-state index contributed by atoms with van der Waals surface area (Å²) >= 11 is 11.9. The van der Waals surface area contributed by atoms with Crippen LogP contribution in [0.2, 0.25) is 10.0 Å². The Morgan fingerprint density at radius 1 is 1.42 bits per heavy atom. The van der Waals surface area contributed by atoms with Gasteiger partial charge in [0, 0.05) is 26.1 Å². The molecule has 1 fully saturated rings. The lowest BCUT2D eigenvalue weighted by molar-refractivity contribution is -0.129. The number of ether oxygens (including phenoxy) is 1. The first-order valence-electron chi connectivity index (χ1n) is 6.03. The molecule has 4 nitrogen and oxygen atoms in total. The number of benzene rings is 1. The van der Waals surface area contributed by atoms with E-state index in [0.29, 0.717) is 29.6 Å². The number of carbonyl (C=O) groups is 1. The van der Waals surface area contributed by atoms with E-state index in [1.807, 2.05) is 6.07 Å². The molecule has 1 heterocycles. The summed E-state index contributed by atoms with van der Waals surface area (Å²) < 4.78 is 5.03. The highest BCUT2D eigenvalue weighted by atomic mass is 35.5. The van der Waals surface area contributed by atoms with Crippen molar-refractivity contribution in [1.29, 1.82) is 0 Å². The fraction of sp³-hybridized carbons (Fsp3) is 0.462. The number of likely N-dealkylation sites (tertiary alicyclic amines) is 1. The van der Waals surface area contributed by atoms with E-state index in [1.165, 1.54) is 0 Å². The Balaban J connectivity index is 2.28. The minimum absolute atomic E-state index is 0.0422. The molecule has 1 amide bonds. The molecule has 2 rings (SSSR count). The molecule has 2 unspecified atom stereocenters. The van der Waals surface area contributed by atoms with Crippen molar-refractivity contribution in [2.24, 2.45) is 5.73 Å². The van der Waals surface area contributed by atoms with E-state index in [2.05, 4.69) is 0 Å². The Morgan fingerprint density at radius 3 is 2.79 bits per heavy atom. The molecule has 2 atom stereocenters. The molecule has 2 N–H and O–H groups in total. The molecule has 19 heavy (non-hydrogen) atoms. The third kappa shape index (κ3) is 3.03. The van der Waals surface area contributed by atoms with Gasteiger partial charge in [-0.05, 0) is 17.7 Å². The maximum atomic E-state index is 12.0. The third-order valence-corrected chi connectivity index (χ3v) is 4.03. The van der Waals surface area contributed by atoms with Gasteiger partial charge in [0.1, 0.15) is 0 Å². The molecule has 0 aliphatic carbocycles. The maximum Gasteiger partial charge on any atom is 0.224 e. The van der Waals surface area contributed by atoms with Gasteiger partial charge in [0.2, 0.25) is 5.91 Å². The van der Waals surface area contributed by atoms with Crippen LogP contribution in [0.4, 0.5) is 0 Å². The van der Waals surface area contributed by atoms with Gasteiger partial charge in [-0.15, -0.1) is 0 Å². The second kappa shape index (κ2) is 6.09. The van der Waals surface area contributed by atoms with Crippen LogP contribution in [-0.2, 0) is 9.53 Å². The summed E-state index contributed by atoms with van der Waals surface area (Å²) in [4.78, 5) is 13.7. The van der Waals surface area contributed by atoms with E-state index in [-0.39, 0.29) is 18.0 Å². The van der Waals surface area contributed by atoms with Crippen molar-refractivity contribution in [2.45, 2.75) is 18.5 Å². The highest BCUT2D eigenvalue weighted by molar-refractivity contribution is 6.42. The lowest BCUT2D eigenvalue weighted by atomic mass is 10.0. The van der Waals surface area contributed by atoms with Crippen molar-refractivity contribution in [3.63, 3.8) is 0 Å². The monoisotopic (exact) mass is 302 g/mol. The summed E-state index contributed by atoms with van der Waals surface area (Å²) in [6.45, 7) is 1.00. The van der Waals surface area contributed by atoms with Gasteiger partial charge in [-0.2, -0.15) is 0 Å². The van der Waals surface area contributed by atoms with Crippen molar-refractivity contribution in [1.82, 2.24) is 4.90 Å². The molecule has 0 radical (unpaired) electrons. The van der Waals surface area contributed by atoms with Gasteiger partial charge in [-0.1, -0.05) is 29.3 Å². The smallest absolute Gasteiger partial charge is 0.224 e. The van der Waals surface area contributed by atoms with Crippen molar-refractivity contribution in [3.05, 3.63) is 33.8 Å². The Morgan fingerprint density at radius 2 is 2.16 bits per heavy atom. The molecule has 6 heteroatoms. The quantitative estimate of drug-likeness (QED) is 0.928. The molecule has 1 aliphatic heterocycles. The number of carbonyl (C=O) groups excluding carboxylic acids is 1. The van der Waals surface area contributed by atoms with Crippen LogP contribution in [0.25, 0.3) is 0 Å². The lowest BCUT2D eigenvalue weighted by Crippen LogP contribution is -2.35. The average molecular weight is 303 g/mol. The second-order valence-electron chi connectivity index (χ2n) is 4.57. The van der Waals surface area contributed by atoms with E-state index in [1.54, 1.807) is 24.1 Å². The third-order valence-electron chi connectivity index (χ3n) is 3.29. The average Bonchev–Trinajstić information content (AvgIpc) is 2.65. The van der Waals surface area contributed by atoms with Gasteiger partial charge >= 0.3 is 0 Å². The molecule has 0 spiro atoms. The Hall–Kier alpha value is -0.810. The standard InChI is InChI=1S/C13H16Cl2N2O2/c1-19-5-4-17-12(18)7-11(16)13(17)8-2-3-9(14)10(15)6-8/h2-3,6,11,13H,4-5,7,16H2,1H3. The summed E-state index contributed by atoms with van der Waals surface area (Å²) in [6.07, 6.45) is 0.342.